The Kier molecular flexibility index (Phi) is 4.95. The lowest BCUT2D eigenvalue weighted by Gasteiger charge is -2.03. The van der Waals surface area contributed by atoms with Gasteiger partial charge in [-0.3, -0.25) is 9.79 Å². The highest BCUT2D eigenvalue weighted by molar-refractivity contribution is 6.30. The smallest absolute Gasteiger partial charge is 0.251 e. The molecule has 0 unspecified atom stereocenters. The minimum absolute atomic E-state index is 0.100. The molecule has 2 rings (SSSR count). The number of halogens is 1. The van der Waals surface area contributed by atoms with Crippen LogP contribution in [0.2, 0.25) is 5.02 Å². The highest BCUT2D eigenvalue weighted by Crippen LogP contribution is 2.21. The average Bonchev–Trinajstić information content (AvgIpc) is 2.49. The third-order valence-electron chi connectivity index (χ3n) is 2.79. The number of aliphatic imine (C=N–C) groups is 1. The van der Waals surface area contributed by atoms with Gasteiger partial charge in [0.15, 0.2) is 0 Å². The number of aromatic hydroxyl groups is 1. The van der Waals surface area contributed by atoms with E-state index in [0.717, 1.165) is 0 Å². The molecule has 1 amide bonds. The number of phenols is 1. The molecule has 0 bridgehead atoms. The van der Waals surface area contributed by atoms with Crippen LogP contribution in [-0.2, 0) is 0 Å². The second kappa shape index (κ2) is 6.90. The van der Waals surface area contributed by atoms with Crippen LogP contribution in [0.1, 0.15) is 22.8 Å². The first kappa shape index (κ1) is 15.1. The van der Waals surface area contributed by atoms with E-state index in [4.69, 9.17) is 11.6 Å². The Balaban J connectivity index is 2.23. The summed E-state index contributed by atoms with van der Waals surface area (Å²) in [6.45, 7) is 2.44. The SMILES string of the molecule is CCNC(=O)c1cccc(N=Cc2cc(Cl)ccc2O)c1. The monoisotopic (exact) mass is 302 g/mol. The summed E-state index contributed by atoms with van der Waals surface area (Å²) in [5.74, 6) is -0.0387. The summed E-state index contributed by atoms with van der Waals surface area (Å²) < 4.78 is 0. The molecule has 0 fully saturated rings. The molecule has 0 aliphatic heterocycles. The first-order valence-electron chi connectivity index (χ1n) is 6.51. The number of hydrogen-bond acceptors (Lipinski definition) is 3. The molecule has 4 nitrogen and oxygen atoms in total. The van der Waals surface area contributed by atoms with E-state index in [1.807, 2.05) is 6.92 Å². The lowest BCUT2D eigenvalue weighted by molar-refractivity contribution is 0.0956. The Morgan fingerprint density at radius 3 is 2.90 bits per heavy atom. The van der Waals surface area contributed by atoms with E-state index in [2.05, 4.69) is 10.3 Å². The van der Waals surface area contributed by atoms with Gasteiger partial charge in [0, 0.05) is 28.9 Å². The Bertz CT molecular complexity index is 684. The second-order valence-corrected chi connectivity index (χ2v) is 4.81. The zero-order valence-electron chi connectivity index (χ0n) is 11.5. The van der Waals surface area contributed by atoms with Crippen LogP contribution in [0.3, 0.4) is 0 Å². The molecule has 2 aromatic carbocycles. The number of carbonyl (C=O) groups excluding carboxylic acids is 1. The molecule has 0 aliphatic carbocycles. The summed E-state index contributed by atoms with van der Waals surface area (Å²) in [5, 5.41) is 13.0. The van der Waals surface area contributed by atoms with E-state index in [0.29, 0.717) is 28.4 Å². The Hall–Kier alpha value is -2.33. The van der Waals surface area contributed by atoms with Crippen LogP contribution in [0, 0.1) is 0 Å². The molecule has 5 heteroatoms. The maximum absolute atomic E-state index is 11.7. The number of hydrogen-bond donors (Lipinski definition) is 2. The normalized spacial score (nSPS) is 10.8. The molecule has 21 heavy (non-hydrogen) atoms. The fraction of sp³-hybridized carbons (Fsp3) is 0.125. The van der Waals surface area contributed by atoms with E-state index in [1.54, 1.807) is 36.4 Å². The van der Waals surface area contributed by atoms with E-state index in [-0.39, 0.29) is 11.7 Å². The fourth-order valence-electron chi connectivity index (χ4n) is 1.76. The number of phenolic OH excluding ortho intramolecular Hbond substituents is 1. The summed E-state index contributed by atoms with van der Waals surface area (Å²) in [7, 11) is 0. The van der Waals surface area contributed by atoms with Gasteiger partial charge in [0.05, 0.1) is 5.69 Å². The molecule has 0 saturated carbocycles. The minimum atomic E-state index is -0.139. The molecular formula is C16H15ClN2O2. The van der Waals surface area contributed by atoms with Gasteiger partial charge in [-0.25, -0.2) is 0 Å². The van der Waals surface area contributed by atoms with Crippen molar-refractivity contribution in [2.75, 3.05) is 6.54 Å². The van der Waals surface area contributed by atoms with E-state index >= 15 is 0 Å². The third-order valence-corrected chi connectivity index (χ3v) is 3.02. The topological polar surface area (TPSA) is 61.7 Å². The fourth-order valence-corrected chi connectivity index (χ4v) is 1.94. The van der Waals surface area contributed by atoms with Crippen LogP contribution in [0.5, 0.6) is 5.75 Å². The van der Waals surface area contributed by atoms with E-state index < -0.39 is 0 Å². The highest BCUT2D eigenvalue weighted by atomic mass is 35.5. The number of benzene rings is 2. The molecule has 0 radical (unpaired) electrons. The highest BCUT2D eigenvalue weighted by Gasteiger charge is 2.04. The third kappa shape index (κ3) is 4.07. The zero-order chi connectivity index (χ0) is 15.2. The number of nitrogens with zero attached hydrogens (tertiary/aromatic N) is 1. The van der Waals surface area contributed by atoms with Gasteiger partial charge in [-0.1, -0.05) is 17.7 Å². The molecule has 0 spiro atoms. The van der Waals surface area contributed by atoms with Crippen LogP contribution >= 0.6 is 11.6 Å². The number of nitrogens with one attached hydrogen (secondary N) is 1. The lowest BCUT2D eigenvalue weighted by atomic mass is 10.2. The van der Waals surface area contributed by atoms with E-state index in [1.165, 1.54) is 12.3 Å². The van der Waals surface area contributed by atoms with Crippen LogP contribution in [0.15, 0.2) is 47.5 Å². The van der Waals surface area contributed by atoms with Crippen molar-refractivity contribution in [3.05, 3.63) is 58.6 Å². The van der Waals surface area contributed by atoms with Crippen molar-refractivity contribution in [2.45, 2.75) is 6.92 Å². The van der Waals surface area contributed by atoms with Crippen molar-refractivity contribution < 1.29 is 9.90 Å². The van der Waals surface area contributed by atoms with Crippen molar-refractivity contribution in [1.82, 2.24) is 5.32 Å². The van der Waals surface area contributed by atoms with E-state index in [9.17, 15) is 9.90 Å². The van der Waals surface area contributed by atoms with Gasteiger partial charge in [0.1, 0.15) is 5.75 Å². The van der Waals surface area contributed by atoms with Gasteiger partial charge in [-0.15, -0.1) is 0 Å². The van der Waals surface area contributed by atoms with Crippen molar-refractivity contribution in [3.8, 4) is 5.75 Å². The average molecular weight is 303 g/mol. The Morgan fingerprint density at radius 2 is 2.14 bits per heavy atom. The van der Waals surface area contributed by atoms with Crippen molar-refractivity contribution >= 4 is 29.4 Å². The predicted molar refractivity (Wildman–Crippen MR) is 84.8 cm³/mol. The maximum Gasteiger partial charge on any atom is 0.251 e. The number of rotatable bonds is 4. The largest absolute Gasteiger partial charge is 0.507 e. The standard InChI is InChI=1S/C16H15ClN2O2/c1-2-18-16(21)11-4-3-5-14(9-11)19-10-12-8-13(17)6-7-15(12)20/h3-10,20H,2H2,1H3,(H,18,21). The van der Waals surface area contributed by atoms with Crippen LogP contribution < -0.4 is 5.32 Å². The summed E-state index contributed by atoms with van der Waals surface area (Å²) in [4.78, 5) is 16.0. The van der Waals surface area contributed by atoms with Crippen molar-refractivity contribution in [3.63, 3.8) is 0 Å². The van der Waals surface area contributed by atoms with Crippen molar-refractivity contribution in [2.24, 2.45) is 4.99 Å². The first-order chi connectivity index (χ1) is 10.1. The number of carbonyl (C=O) groups is 1. The maximum atomic E-state index is 11.7. The predicted octanol–water partition coefficient (Wildman–Crippen LogP) is 3.55. The summed E-state index contributed by atoms with van der Waals surface area (Å²) >= 11 is 5.87. The van der Waals surface area contributed by atoms with Gasteiger partial charge in [0.25, 0.3) is 5.91 Å². The van der Waals surface area contributed by atoms with Gasteiger partial charge in [-0.05, 0) is 43.3 Å². The molecule has 2 aromatic rings. The zero-order valence-corrected chi connectivity index (χ0v) is 12.3. The Labute approximate surface area is 128 Å². The molecular weight excluding hydrogens is 288 g/mol. The number of amides is 1. The molecule has 0 heterocycles. The van der Waals surface area contributed by atoms with Crippen LogP contribution in [-0.4, -0.2) is 23.8 Å². The molecule has 0 aromatic heterocycles. The van der Waals surface area contributed by atoms with Crippen molar-refractivity contribution in [1.29, 1.82) is 0 Å². The summed E-state index contributed by atoms with van der Waals surface area (Å²) in [6.07, 6.45) is 1.51. The van der Waals surface area contributed by atoms with Crippen LogP contribution in [0.4, 0.5) is 5.69 Å². The molecule has 2 N–H and O–H groups in total. The van der Waals surface area contributed by atoms with Gasteiger partial charge in [-0.2, -0.15) is 0 Å². The van der Waals surface area contributed by atoms with Gasteiger partial charge in [0.2, 0.25) is 0 Å². The second-order valence-electron chi connectivity index (χ2n) is 4.37. The quantitative estimate of drug-likeness (QED) is 0.849. The molecule has 0 saturated heterocycles. The minimum Gasteiger partial charge on any atom is -0.507 e. The molecule has 108 valence electrons. The summed E-state index contributed by atoms with van der Waals surface area (Å²) in [5.41, 5.74) is 1.69. The summed E-state index contributed by atoms with van der Waals surface area (Å²) in [6, 6.07) is 11.7. The molecule has 0 aliphatic rings. The first-order valence-corrected chi connectivity index (χ1v) is 6.89. The lowest BCUT2D eigenvalue weighted by Crippen LogP contribution is -2.22. The van der Waals surface area contributed by atoms with Gasteiger partial charge < -0.3 is 10.4 Å². The van der Waals surface area contributed by atoms with Crippen LogP contribution in [0.25, 0.3) is 0 Å². The molecule has 0 atom stereocenters. The van der Waals surface area contributed by atoms with Gasteiger partial charge >= 0.3 is 0 Å². The Morgan fingerprint density at radius 1 is 1.33 bits per heavy atom.